The molecule has 0 amide bonds. The summed E-state index contributed by atoms with van der Waals surface area (Å²) in [6.07, 6.45) is 3.25. The number of rotatable bonds is 1. The minimum atomic E-state index is 0.226. The summed E-state index contributed by atoms with van der Waals surface area (Å²) in [7, 11) is 0. The van der Waals surface area contributed by atoms with E-state index in [0.29, 0.717) is 5.92 Å². The van der Waals surface area contributed by atoms with E-state index in [-0.39, 0.29) is 11.5 Å². The lowest BCUT2D eigenvalue weighted by atomic mass is 9.77. The lowest BCUT2D eigenvalue weighted by Crippen LogP contribution is -2.28. The van der Waals surface area contributed by atoms with Gasteiger partial charge in [0.25, 0.3) is 0 Å². The first-order valence-electron chi connectivity index (χ1n) is 9.92. The van der Waals surface area contributed by atoms with Gasteiger partial charge in [-0.3, -0.25) is 4.99 Å². The number of aliphatic imine (C=N–C) groups is 1. The molecule has 0 N–H and O–H groups in total. The summed E-state index contributed by atoms with van der Waals surface area (Å²) in [5.74, 6) is 0.414. The second-order valence-corrected chi connectivity index (χ2v) is 10.2. The molecule has 2 heteroatoms. The van der Waals surface area contributed by atoms with Gasteiger partial charge in [0.1, 0.15) is 0 Å². The van der Waals surface area contributed by atoms with Crippen molar-refractivity contribution >= 4 is 28.2 Å². The molecule has 2 aromatic rings. The van der Waals surface area contributed by atoms with E-state index in [1.807, 2.05) is 11.8 Å². The van der Waals surface area contributed by atoms with Crippen molar-refractivity contribution in [3.8, 4) is 0 Å². The molecular weight excluding hydrogens is 346 g/mol. The number of fused-ring (bicyclic) bond motifs is 2. The van der Waals surface area contributed by atoms with E-state index in [1.165, 1.54) is 37.3 Å². The molecule has 0 radical (unpaired) electrons. The summed E-state index contributed by atoms with van der Waals surface area (Å²) in [6, 6.07) is 9.26. The molecule has 2 unspecified atom stereocenters. The number of allylic oxidation sites excluding steroid dienone is 2. The van der Waals surface area contributed by atoms with Gasteiger partial charge in [-0.25, -0.2) is 0 Å². The van der Waals surface area contributed by atoms with Gasteiger partial charge in [-0.15, -0.1) is 0 Å². The van der Waals surface area contributed by atoms with Crippen LogP contribution in [0.15, 0.2) is 57.3 Å². The van der Waals surface area contributed by atoms with Crippen LogP contribution in [0.25, 0.3) is 10.8 Å². The van der Waals surface area contributed by atoms with Crippen molar-refractivity contribution in [1.29, 1.82) is 0 Å². The molecular formula is C25H29NS. The summed E-state index contributed by atoms with van der Waals surface area (Å²) >= 11 is 1.90. The smallest absolute Gasteiger partial charge is 0.0742 e. The Morgan fingerprint density at radius 2 is 1.81 bits per heavy atom. The summed E-state index contributed by atoms with van der Waals surface area (Å²) in [6.45, 7) is 18.1. The van der Waals surface area contributed by atoms with Crippen LogP contribution in [-0.4, -0.2) is 11.8 Å². The fraction of sp³-hybridized carbons (Fsp3) is 0.400. The van der Waals surface area contributed by atoms with E-state index >= 15 is 0 Å². The highest BCUT2D eigenvalue weighted by molar-refractivity contribution is 8.03. The lowest BCUT2D eigenvalue weighted by molar-refractivity contribution is 0.409. The van der Waals surface area contributed by atoms with E-state index in [4.69, 9.17) is 4.99 Å². The van der Waals surface area contributed by atoms with Crippen LogP contribution in [0.3, 0.4) is 0 Å². The van der Waals surface area contributed by atoms with Gasteiger partial charge in [-0.2, -0.15) is 0 Å². The van der Waals surface area contributed by atoms with Crippen molar-refractivity contribution in [1.82, 2.24) is 0 Å². The van der Waals surface area contributed by atoms with Crippen LogP contribution < -0.4 is 0 Å². The molecule has 0 bridgehead atoms. The highest BCUT2D eigenvalue weighted by atomic mass is 32.2. The maximum atomic E-state index is 5.12. The highest BCUT2D eigenvalue weighted by Crippen LogP contribution is 2.52. The SMILES string of the molecule is C=C1C2=NC(C)C(C)c3c2c(c(CC(C)(C)C)c2ccccc32)S/C1=C/C. The molecule has 0 aliphatic carbocycles. The lowest BCUT2D eigenvalue weighted by Gasteiger charge is -2.36. The molecule has 2 atom stereocenters. The third-order valence-electron chi connectivity index (χ3n) is 5.83. The molecule has 140 valence electrons. The van der Waals surface area contributed by atoms with Gasteiger partial charge in [0.05, 0.1) is 11.8 Å². The fourth-order valence-corrected chi connectivity index (χ4v) is 5.58. The van der Waals surface area contributed by atoms with Crippen LogP contribution in [0, 0.1) is 5.41 Å². The van der Waals surface area contributed by atoms with Gasteiger partial charge in [-0.1, -0.05) is 76.4 Å². The second kappa shape index (κ2) is 6.38. The molecule has 2 heterocycles. The number of benzene rings is 2. The molecule has 0 fully saturated rings. The molecule has 0 spiro atoms. The van der Waals surface area contributed by atoms with E-state index in [0.717, 1.165) is 17.7 Å². The first-order chi connectivity index (χ1) is 12.7. The Bertz CT molecular complexity index is 1020. The normalized spacial score (nSPS) is 23.6. The Balaban J connectivity index is 2.17. The van der Waals surface area contributed by atoms with Gasteiger partial charge in [0.15, 0.2) is 0 Å². The summed E-state index contributed by atoms with van der Waals surface area (Å²) in [5, 5.41) is 2.82. The summed E-state index contributed by atoms with van der Waals surface area (Å²) in [4.78, 5) is 7.78. The van der Waals surface area contributed by atoms with Crippen LogP contribution in [0.5, 0.6) is 0 Å². The van der Waals surface area contributed by atoms with Crippen molar-refractivity contribution in [3.63, 3.8) is 0 Å². The van der Waals surface area contributed by atoms with Gasteiger partial charge in [-0.05, 0) is 47.6 Å². The molecule has 0 saturated carbocycles. The molecule has 1 nitrogen and oxygen atoms in total. The van der Waals surface area contributed by atoms with E-state index < -0.39 is 0 Å². The van der Waals surface area contributed by atoms with Crippen LogP contribution in [0.2, 0.25) is 0 Å². The zero-order valence-electron chi connectivity index (χ0n) is 17.3. The summed E-state index contributed by atoms with van der Waals surface area (Å²) in [5.41, 5.74) is 6.75. The minimum absolute atomic E-state index is 0.226. The van der Waals surface area contributed by atoms with E-state index in [1.54, 1.807) is 0 Å². The number of hydrogen-bond donors (Lipinski definition) is 0. The molecule has 0 saturated heterocycles. The molecule has 2 aromatic carbocycles. The van der Waals surface area contributed by atoms with Crippen molar-refractivity contribution in [3.05, 3.63) is 64.1 Å². The van der Waals surface area contributed by atoms with Gasteiger partial charge < -0.3 is 0 Å². The predicted molar refractivity (Wildman–Crippen MR) is 120 cm³/mol. The number of thioether (sulfide) groups is 1. The topological polar surface area (TPSA) is 12.4 Å². The standard InChI is InChI=1S/C25H29NS/c1-8-20-15(3)23-22-21(14(2)16(4)26-23)18-12-10-9-11-17(18)19(24(22)27-20)13-25(5,6)7/h8-12,14,16H,3,13H2,1-2,4-7H3/b20-8+. The quantitative estimate of drug-likeness (QED) is 0.510. The molecule has 4 rings (SSSR count). The molecule has 0 aromatic heterocycles. The van der Waals surface area contributed by atoms with Crippen LogP contribution in [0.4, 0.5) is 0 Å². The first kappa shape index (κ1) is 18.6. The van der Waals surface area contributed by atoms with Gasteiger partial charge in [0.2, 0.25) is 0 Å². The third-order valence-corrected chi connectivity index (χ3v) is 7.18. The Morgan fingerprint density at radius 3 is 2.44 bits per heavy atom. The summed E-state index contributed by atoms with van der Waals surface area (Å²) < 4.78 is 0. The Morgan fingerprint density at radius 1 is 1.15 bits per heavy atom. The Kier molecular flexibility index (Phi) is 4.38. The van der Waals surface area contributed by atoms with Crippen molar-refractivity contribution in [2.45, 2.75) is 64.8 Å². The maximum Gasteiger partial charge on any atom is 0.0742 e. The number of nitrogens with zero attached hydrogens (tertiary/aromatic N) is 1. The first-order valence-corrected chi connectivity index (χ1v) is 10.7. The molecule has 2 aliphatic rings. The minimum Gasteiger partial charge on any atom is -0.280 e. The Hall–Kier alpha value is -1.80. The molecule has 27 heavy (non-hydrogen) atoms. The Labute approximate surface area is 167 Å². The highest BCUT2D eigenvalue weighted by Gasteiger charge is 2.36. The largest absolute Gasteiger partial charge is 0.280 e. The van der Waals surface area contributed by atoms with Crippen LogP contribution in [0.1, 0.15) is 64.2 Å². The van der Waals surface area contributed by atoms with Crippen LogP contribution >= 0.6 is 11.8 Å². The van der Waals surface area contributed by atoms with Gasteiger partial charge >= 0.3 is 0 Å². The van der Waals surface area contributed by atoms with Crippen LogP contribution in [-0.2, 0) is 6.42 Å². The monoisotopic (exact) mass is 375 g/mol. The number of hydrogen-bond acceptors (Lipinski definition) is 2. The van der Waals surface area contributed by atoms with Gasteiger partial charge in [0, 0.05) is 26.9 Å². The maximum absolute atomic E-state index is 5.12. The predicted octanol–water partition coefficient (Wildman–Crippen LogP) is 7.29. The fourth-order valence-electron chi connectivity index (χ4n) is 4.41. The van der Waals surface area contributed by atoms with E-state index in [2.05, 4.69) is 78.5 Å². The van der Waals surface area contributed by atoms with Crippen molar-refractivity contribution in [2.75, 3.05) is 0 Å². The second-order valence-electron chi connectivity index (χ2n) is 9.12. The van der Waals surface area contributed by atoms with E-state index in [9.17, 15) is 0 Å². The average Bonchev–Trinajstić information content (AvgIpc) is 2.61. The molecule has 2 aliphatic heterocycles. The third kappa shape index (κ3) is 2.89. The average molecular weight is 376 g/mol. The van der Waals surface area contributed by atoms with Crippen molar-refractivity contribution in [2.24, 2.45) is 10.4 Å². The zero-order valence-corrected chi connectivity index (χ0v) is 18.1. The zero-order chi connectivity index (χ0) is 19.5. The van der Waals surface area contributed by atoms with Crippen molar-refractivity contribution < 1.29 is 0 Å².